The van der Waals surface area contributed by atoms with Gasteiger partial charge in [0.05, 0.1) is 12.2 Å². The van der Waals surface area contributed by atoms with Crippen LogP contribution in [0.3, 0.4) is 0 Å². The summed E-state index contributed by atoms with van der Waals surface area (Å²) in [5.41, 5.74) is 3.38. The number of fused-ring (bicyclic) bond motifs is 1. The van der Waals surface area contributed by atoms with Crippen LogP contribution in [0.15, 0.2) is 34.4 Å². The second kappa shape index (κ2) is 8.05. The first kappa shape index (κ1) is 19.6. The van der Waals surface area contributed by atoms with Gasteiger partial charge in [-0.15, -0.1) is 16.4 Å². The molecule has 0 atom stereocenters. The van der Waals surface area contributed by atoms with E-state index in [4.69, 9.17) is 9.97 Å². The number of thiophene rings is 1. The van der Waals surface area contributed by atoms with Crippen LogP contribution in [0, 0.1) is 20.8 Å². The molecule has 154 valence electrons. The van der Waals surface area contributed by atoms with Crippen LogP contribution in [0.4, 0.5) is 0 Å². The molecule has 7 nitrogen and oxygen atoms in total. The molecule has 1 aliphatic rings. The van der Waals surface area contributed by atoms with Gasteiger partial charge in [0.1, 0.15) is 15.7 Å². The van der Waals surface area contributed by atoms with E-state index in [0.29, 0.717) is 5.16 Å². The second-order valence-corrected chi connectivity index (χ2v) is 9.86. The average Bonchev–Trinajstić information content (AvgIpc) is 3.45. The summed E-state index contributed by atoms with van der Waals surface area (Å²) in [4.78, 5) is 14.6. The maximum atomic E-state index is 4.97. The molecule has 1 fully saturated rings. The number of aryl methyl sites for hydroxylation is 3. The molecule has 4 aromatic rings. The third-order valence-corrected chi connectivity index (χ3v) is 7.54. The number of likely N-dealkylation sites (tertiary alicyclic amines) is 1. The number of aromatic nitrogens is 6. The zero-order valence-electron chi connectivity index (χ0n) is 17.3. The van der Waals surface area contributed by atoms with Crippen molar-refractivity contribution >= 4 is 33.3 Å². The molecule has 30 heavy (non-hydrogen) atoms. The lowest BCUT2D eigenvalue weighted by Crippen LogP contribution is -2.20. The topological polar surface area (TPSA) is 72.6 Å². The van der Waals surface area contributed by atoms with Gasteiger partial charge in [0.25, 0.3) is 0 Å². The first-order valence-corrected chi connectivity index (χ1v) is 11.7. The fourth-order valence-electron chi connectivity index (χ4n) is 3.72. The zero-order chi connectivity index (χ0) is 20.7. The zero-order valence-corrected chi connectivity index (χ0v) is 18.9. The SMILES string of the molecule is Cc1ccc(-n2nnnc2Sc2nc(CN3CCCC3)nc3sc(C)c(C)c23)cc1. The third-order valence-electron chi connectivity index (χ3n) is 5.51. The number of benzene rings is 1. The van der Waals surface area contributed by atoms with Crippen molar-refractivity contribution < 1.29 is 0 Å². The van der Waals surface area contributed by atoms with E-state index in [1.54, 1.807) is 16.0 Å². The highest BCUT2D eigenvalue weighted by Crippen LogP contribution is 2.38. The highest BCUT2D eigenvalue weighted by Gasteiger charge is 2.20. The number of tetrazole rings is 1. The van der Waals surface area contributed by atoms with Crippen LogP contribution in [0.5, 0.6) is 0 Å². The molecule has 0 N–H and O–H groups in total. The Hall–Kier alpha value is -2.36. The molecule has 0 amide bonds. The fourth-order valence-corrected chi connectivity index (χ4v) is 5.81. The van der Waals surface area contributed by atoms with E-state index >= 15 is 0 Å². The largest absolute Gasteiger partial charge is 0.296 e. The smallest absolute Gasteiger partial charge is 0.220 e. The van der Waals surface area contributed by atoms with Crippen molar-refractivity contribution in [1.82, 2.24) is 35.1 Å². The van der Waals surface area contributed by atoms with Crippen molar-refractivity contribution in [2.45, 2.75) is 50.3 Å². The van der Waals surface area contributed by atoms with E-state index < -0.39 is 0 Å². The average molecular weight is 438 g/mol. The number of hydrogen-bond acceptors (Lipinski definition) is 8. The fraction of sp³-hybridized carbons (Fsp3) is 0.381. The van der Waals surface area contributed by atoms with Gasteiger partial charge in [-0.3, -0.25) is 4.90 Å². The molecule has 1 aliphatic heterocycles. The molecule has 0 saturated carbocycles. The van der Waals surface area contributed by atoms with Gasteiger partial charge in [-0.1, -0.05) is 17.7 Å². The van der Waals surface area contributed by atoms with Gasteiger partial charge in [0.2, 0.25) is 5.16 Å². The summed E-state index contributed by atoms with van der Waals surface area (Å²) in [6.45, 7) is 9.40. The second-order valence-electron chi connectivity index (χ2n) is 7.70. The Kier molecular flexibility index (Phi) is 5.26. The highest BCUT2D eigenvalue weighted by atomic mass is 32.2. The van der Waals surface area contributed by atoms with Crippen molar-refractivity contribution in [1.29, 1.82) is 0 Å². The Labute approximate surface area is 183 Å². The summed E-state index contributed by atoms with van der Waals surface area (Å²) in [7, 11) is 0. The third kappa shape index (κ3) is 3.73. The van der Waals surface area contributed by atoms with Crippen molar-refractivity contribution in [3.05, 3.63) is 46.1 Å². The lowest BCUT2D eigenvalue weighted by Gasteiger charge is -2.14. The minimum Gasteiger partial charge on any atom is -0.296 e. The summed E-state index contributed by atoms with van der Waals surface area (Å²) in [5.74, 6) is 0.877. The van der Waals surface area contributed by atoms with E-state index in [9.17, 15) is 0 Å². The van der Waals surface area contributed by atoms with Crippen LogP contribution in [0.2, 0.25) is 0 Å². The van der Waals surface area contributed by atoms with Crippen molar-refractivity contribution in [2.75, 3.05) is 13.1 Å². The van der Waals surface area contributed by atoms with Gasteiger partial charge >= 0.3 is 0 Å². The molecule has 1 saturated heterocycles. The van der Waals surface area contributed by atoms with E-state index in [1.807, 2.05) is 12.1 Å². The van der Waals surface area contributed by atoms with Gasteiger partial charge in [0.15, 0.2) is 0 Å². The monoisotopic (exact) mass is 437 g/mol. The molecule has 9 heteroatoms. The van der Waals surface area contributed by atoms with E-state index in [-0.39, 0.29) is 0 Å². The van der Waals surface area contributed by atoms with Gasteiger partial charge in [-0.2, -0.15) is 4.68 Å². The lowest BCUT2D eigenvalue weighted by molar-refractivity contribution is 0.322. The van der Waals surface area contributed by atoms with Crippen molar-refractivity contribution in [2.24, 2.45) is 0 Å². The predicted molar refractivity (Wildman–Crippen MR) is 119 cm³/mol. The number of rotatable bonds is 5. The van der Waals surface area contributed by atoms with Crippen molar-refractivity contribution in [3.63, 3.8) is 0 Å². The van der Waals surface area contributed by atoms with Crippen LogP contribution >= 0.6 is 23.1 Å². The van der Waals surface area contributed by atoms with E-state index in [0.717, 1.165) is 46.4 Å². The Morgan fingerprint density at radius 2 is 1.80 bits per heavy atom. The van der Waals surface area contributed by atoms with E-state index in [2.05, 4.69) is 53.3 Å². The lowest BCUT2D eigenvalue weighted by atomic mass is 10.2. The Morgan fingerprint density at radius 3 is 2.57 bits per heavy atom. The van der Waals surface area contributed by atoms with Crippen LogP contribution in [0.25, 0.3) is 15.9 Å². The molecule has 5 rings (SSSR count). The molecule has 0 spiro atoms. The quantitative estimate of drug-likeness (QED) is 0.430. The van der Waals surface area contributed by atoms with Crippen LogP contribution in [-0.4, -0.2) is 48.2 Å². The number of nitrogens with zero attached hydrogens (tertiary/aromatic N) is 7. The van der Waals surface area contributed by atoms with Gasteiger partial charge < -0.3 is 0 Å². The normalized spacial score (nSPS) is 14.8. The van der Waals surface area contributed by atoms with Crippen LogP contribution < -0.4 is 0 Å². The van der Waals surface area contributed by atoms with Gasteiger partial charge in [-0.05, 0) is 86.6 Å². The minimum absolute atomic E-state index is 0.703. The van der Waals surface area contributed by atoms with E-state index in [1.165, 1.54) is 40.6 Å². The first-order chi connectivity index (χ1) is 14.6. The molecule has 1 aromatic carbocycles. The molecule has 0 aliphatic carbocycles. The molecular formula is C21H23N7S2. The summed E-state index contributed by atoms with van der Waals surface area (Å²) < 4.78 is 1.77. The standard InChI is InChI=1S/C21H23N7S2/c1-13-6-8-16(9-7-13)28-21(24-25-26-28)30-20-18-14(2)15(3)29-19(18)22-17(23-20)12-27-10-4-5-11-27/h6-9H,4-5,10-12H2,1-3H3. The summed E-state index contributed by atoms with van der Waals surface area (Å²) in [6, 6.07) is 8.19. The van der Waals surface area contributed by atoms with Crippen LogP contribution in [-0.2, 0) is 6.54 Å². The summed E-state index contributed by atoms with van der Waals surface area (Å²) in [5, 5.41) is 15.2. The molecule has 0 unspecified atom stereocenters. The molecule has 3 aromatic heterocycles. The van der Waals surface area contributed by atoms with Gasteiger partial charge in [0, 0.05) is 10.3 Å². The van der Waals surface area contributed by atoms with Crippen LogP contribution in [0.1, 0.15) is 34.7 Å². The Bertz CT molecular complexity index is 1190. The Morgan fingerprint density at radius 1 is 1.03 bits per heavy atom. The predicted octanol–water partition coefficient (Wildman–Crippen LogP) is 4.34. The number of hydrogen-bond donors (Lipinski definition) is 0. The summed E-state index contributed by atoms with van der Waals surface area (Å²) >= 11 is 3.25. The first-order valence-electron chi connectivity index (χ1n) is 10.1. The maximum absolute atomic E-state index is 4.97. The molecule has 0 bridgehead atoms. The Balaban J connectivity index is 1.55. The van der Waals surface area contributed by atoms with Gasteiger partial charge in [-0.25, -0.2) is 9.97 Å². The molecule has 4 heterocycles. The minimum atomic E-state index is 0.703. The highest BCUT2D eigenvalue weighted by molar-refractivity contribution is 7.99. The summed E-state index contributed by atoms with van der Waals surface area (Å²) in [6.07, 6.45) is 2.51. The maximum Gasteiger partial charge on any atom is 0.220 e. The van der Waals surface area contributed by atoms with Crippen molar-refractivity contribution in [3.8, 4) is 5.69 Å². The molecule has 0 radical (unpaired) electrons. The molecular weight excluding hydrogens is 414 g/mol.